The molecule has 0 saturated carbocycles. The van der Waals surface area contributed by atoms with Crippen LogP contribution in [0.5, 0.6) is 5.75 Å². The summed E-state index contributed by atoms with van der Waals surface area (Å²) in [6.45, 7) is 3.83. The van der Waals surface area contributed by atoms with Gasteiger partial charge in [-0.2, -0.15) is 0 Å². The van der Waals surface area contributed by atoms with E-state index in [1.165, 1.54) is 11.1 Å². The number of hydrogen-bond acceptors (Lipinski definition) is 4. The summed E-state index contributed by atoms with van der Waals surface area (Å²) in [5.74, 6) is 2.01. The maximum Gasteiger partial charge on any atom is 0.123 e. The molecule has 1 N–H and O–H groups in total. The van der Waals surface area contributed by atoms with Gasteiger partial charge in [0.15, 0.2) is 0 Å². The molecule has 1 atom stereocenters. The highest BCUT2D eigenvalue weighted by molar-refractivity contribution is 5.75. The van der Waals surface area contributed by atoms with Crippen LogP contribution in [0.3, 0.4) is 0 Å². The Hall–Kier alpha value is -2.37. The lowest BCUT2D eigenvalue weighted by molar-refractivity contribution is 0.149. The Balaban J connectivity index is 1.60. The molecule has 1 aromatic heterocycles. The molecule has 0 bridgehead atoms. The third-order valence-corrected chi connectivity index (χ3v) is 5.08. The monoisotopic (exact) mass is 336 g/mol. The lowest BCUT2D eigenvalue weighted by Crippen LogP contribution is -2.45. The van der Waals surface area contributed by atoms with Gasteiger partial charge in [-0.05, 0) is 29.8 Å². The second-order valence-electron chi connectivity index (χ2n) is 6.54. The Morgan fingerprint density at radius 3 is 2.72 bits per heavy atom. The molecule has 0 unspecified atom stereocenters. The molecule has 0 aliphatic carbocycles. The molecule has 4 rings (SSSR count). The molecule has 2 heterocycles. The number of piperazine rings is 1. The highest BCUT2D eigenvalue weighted by atomic mass is 16.5. The summed E-state index contributed by atoms with van der Waals surface area (Å²) in [4.78, 5) is 7.36. The molecule has 25 heavy (non-hydrogen) atoms. The first kappa shape index (κ1) is 16.1. The molecular weight excluding hydrogens is 312 g/mol. The number of imidazole rings is 1. The van der Waals surface area contributed by atoms with E-state index in [4.69, 9.17) is 9.72 Å². The Morgan fingerprint density at radius 1 is 1.16 bits per heavy atom. The first-order chi connectivity index (χ1) is 12.3. The standard InChI is InChI=1S/C20H24N4O/c1-23-18-6-4-3-5-17(18)22-20(23)14-24-12-11-21-13-19(24)15-7-9-16(25-2)10-8-15/h3-10,19,21H,11-14H2,1-2H3/t19-/m1/s1. The number of benzene rings is 2. The van der Waals surface area contributed by atoms with Crippen molar-refractivity contribution in [1.82, 2.24) is 19.8 Å². The van der Waals surface area contributed by atoms with E-state index in [1.807, 2.05) is 18.2 Å². The molecule has 5 heteroatoms. The van der Waals surface area contributed by atoms with Gasteiger partial charge < -0.3 is 14.6 Å². The van der Waals surface area contributed by atoms with E-state index < -0.39 is 0 Å². The van der Waals surface area contributed by atoms with E-state index in [-0.39, 0.29) is 0 Å². The molecule has 5 nitrogen and oxygen atoms in total. The fraction of sp³-hybridized carbons (Fsp3) is 0.350. The van der Waals surface area contributed by atoms with E-state index in [9.17, 15) is 0 Å². The predicted molar refractivity (Wildman–Crippen MR) is 99.7 cm³/mol. The summed E-state index contributed by atoms with van der Waals surface area (Å²) in [5, 5.41) is 3.52. The van der Waals surface area contributed by atoms with E-state index in [0.717, 1.165) is 43.3 Å². The van der Waals surface area contributed by atoms with Crippen LogP contribution in [0, 0.1) is 0 Å². The molecule has 0 radical (unpaired) electrons. The number of hydrogen-bond donors (Lipinski definition) is 1. The van der Waals surface area contributed by atoms with E-state index >= 15 is 0 Å². The zero-order valence-corrected chi connectivity index (χ0v) is 14.8. The summed E-state index contributed by atoms with van der Waals surface area (Å²) < 4.78 is 7.50. The molecule has 1 saturated heterocycles. The van der Waals surface area contributed by atoms with Gasteiger partial charge in [0.05, 0.1) is 24.7 Å². The van der Waals surface area contributed by atoms with Gasteiger partial charge in [0, 0.05) is 32.7 Å². The molecule has 130 valence electrons. The predicted octanol–water partition coefficient (Wildman–Crippen LogP) is 2.73. The number of methoxy groups -OCH3 is 1. The van der Waals surface area contributed by atoms with Crippen molar-refractivity contribution < 1.29 is 4.74 Å². The molecule has 0 spiro atoms. The summed E-state index contributed by atoms with van der Waals surface area (Å²) in [7, 11) is 3.81. The fourth-order valence-electron chi connectivity index (χ4n) is 3.61. The third-order valence-electron chi connectivity index (χ3n) is 5.08. The second-order valence-corrected chi connectivity index (χ2v) is 6.54. The summed E-state index contributed by atoms with van der Waals surface area (Å²) >= 11 is 0. The van der Waals surface area contributed by atoms with Gasteiger partial charge >= 0.3 is 0 Å². The molecule has 0 amide bonds. The summed E-state index contributed by atoms with van der Waals surface area (Å²) in [6.07, 6.45) is 0. The van der Waals surface area contributed by atoms with E-state index in [1.54, 1.807) is 7.11 Å². The Kier molecular flexibility index (Phi) is 4.42. The topological polar surface area (TPSA) is 42.3 Å². The van der Waals surface area contributed by atoms with Gasteiger partial charge in [0.1, 0.15) is 11.6 Å². The van der Waals surface area contributed by atoms with Crippen molar-refractivity contribution in [1.29, 1.82) is 0 Å². The number of rotatable bonds is 4. The maximum absolute atomic E-state index is 5.29. The van der Waals surface area contributed by atoms with Crippen LogP contribution in [-0.4, -0.2) is 41.2 Å². The molecule has 3 aromatic rings. The Labute approximate surface area is 148 Å². The highest BCUT2D eigenvalue weighted by Crippen LogP contribution is 2.26. The number of aryl methyl sites for hydroxylation is 1. The van der Waals surface area contributed by atoms with Crippen molar-refractivity contribution in [3.8, 4) is 5.75 Å². The highest BCUT2D eigenvalue weighted by Gasteiger charge is 2.25. The van der Waals surface area contributed by atoms with Crippen LogP contribution in [-0.2, 0) is 13.6 Å². The number of nitrogens with zero attached hydrogens (tertiary/aromatic N) is 3. The van der Waals surface area contributed by atoms with Crippen molar-refractivity contribution in [2.24, 2.45) is 7.05 Å². The van der Waals surface area contributed by atoms with Gasteiger partial charge in [-0.3, -0.25) is 4.90 Å². The maximum atomic E-state index is 5.29. The van der Waals surface area contributed by atoms with Crippen LogP contribution in [0.1, 0.15) is 17.4 Å². The average molecular weight is 336 g/mol. The molecule has 1 fully saturated rings. The van der Waals surface area contributed by atoms with Crippen LogP contribution in [0.25, 0.3) is 11.0 Å². The molecule has 1 aliphatic rings. The van der Waals surface area contributed by atoms with Crippen molar-refractivity contribution in [3.63, 3.8) is 0 Å². The number of fused-ring (bicyclic) bond motifs is 1. The quantitative estimate of drug-likeness (QED) is 0.795. The van der Waals surface area contributed by atoms with E-state index in [0.29, 0.717) is 6.04 Å². The SMILES string of the molecule is COc1ccc([C@H]2CNCCN2Cc2nc3ccccc3n2C)cc1. The number of aromatic nitrogens is 2. The number of ether oxygens (including phenoxy) is 1. The Morgan fingerprint density at radius 2 is 1.96 bits per heavy atom. The minimum atomic E-state index is 0.347. The van der Waals surface area contributed by atoms with Gasteiger partial charge in [-0.1, -0.05) is 24.3 Å². The largest absolute Gasteiger partial charge is 0.497 e. The van der Waals surface area contributed by atoms with Crippen LogP contribution < -0.4 is 10.1 Å². The molecule has 1 aliphatic heterocycles. The number of nitrogens with one attached hydrogen (secondary N) is 1. The zero-order valence-electron chi connectivity index (χ0n) is 14.8. The van der Waals surface area contributed by atoms with Gasteiger partial charge in [0.25, 0.3) is 0 Å². The summed E-state index contributed by atoms with van der Waals surface area (Å²) in [5.41, 5.74) is 3.57. The van der Waals surface area contributed by atoms with Crippen molar-refractivity contribution in [2.75, 3.05) is 26.7 Å². The van der Waals surface area contributed by atoms with E-state index in [2.05, 4.69) is 52.2 Å². The third kappa shape index (κ3) is 3.13. The zero-order chi connectivity index (χ0) is 17.2. The molecular formula is C20H24N4O. The Bertz CT molecular complexity index is 856. The summed E-state index contributed by atoms with van der Waals surface area (Å²) in [6, 6.07) is 17.1. The average Bonchev–Trinajstić information content (AvgIpc) is 2.98. The van der Waals surface area contributed by atoms with Gasteiger partial charge in [-0.25, -0.2) is 4.98 Å². The lowest BCUT2D eigenvalue weighted by Gasteiger charge is -2.36. The van der Waals surface area contributed by atoms with Crippen molar-refractivity contribution in [3.05, 3.63) is 59.9 Å². The second kappa shape index (κ2) is 6.86. The normalized spacial score (nSPS) is 18.6. The van der Waals surface area contributed by atoms with Crippen LogP contribution >= 0.6 is 0 Å². The van der Waals surface area contributed by atoms with Crippen molar-refractivity contribution >= 4 is 11.0 Å². The smallest absolute Gasteiger partial charge is 0.123 e. The first-order valence-corrected chi connectivity index (χ1v) is 8.75. The molecule has 2 aromatic carbocycles. The lowest BCUT2D eigenvalue weighted by atomic mass is 10.0. The minimum absolute atomic E-state index is 0.347. The van der Waals surface area contributed by atoms with Gasteiger partial charge in [0.2, 0.25) is 0 Å². The fourth-order valence-corrected chi connectivity index (χ4v) is 3.61. The van der Waals surface area contributed by atoms with Crippen LogP contribution in [0.4, 0.5) is 0 Å². The number of para-hydroxylation sites is 2. The minimum Gasteiger partial charge on any atom is -0.497 e. The van der Waals surface area contributed by atoms with Crippen LogP contribution in [0.2, 0.25) is 0 Å². The first-order valence-electron chi connectivity index (χ1n) is 8.75. The van der Waals surface area contributed by atoms with Crippen LogP contribution in [0.15, 0.2) is 48.5 Å². The van der Waals surface area contributed by atoms with Crippen molar-refractivity contribution in [2.45, 2.75) is 12.6 Å². The van der Waals surface area contributed by atoms with Gasteiger partial charge in [-0.15, -0.1) is 0 Å².